The van der Waals surface area contributed by atoms with Crippen LogP contribution in [0.2, 0.25) is 0 Å². The molecule has 0 aromatic heterocycles. The molecule has 0 bridgehead atoms. The number of benzene rings is 3. The summed E-state index contributed by atoms with van der Waals surface area (Å²) in [5, 5.41) is 5.61. The van der Waals surface area contributed by atoms with Crippen molar-refractivity contribution < 1.29 is 23.5 Å². The van der Waals surface area contributed by atoms with Gasteiger partial charge in [-0.3, -0.25) is 4.79 Å². The average Bonchev–Trinajstić information content (AvgIpc) is 2.99. The molecule has 4 rings (SSSR count). The van der Waals surface area contributed by atoms with E-state index >= 15 is 0 Å². The number of halogens is 1. The number of nitrogens with zero attached hydrogens (tertiary/aromatic N) is 1. The van der Waals surface area contributed by atoms with E-state index in [1.165, 1.54) is 12.1 Å². The van der Waals surface area contributed by atoms with Gasteiger partial charge in [-0.25, -0.2) is 9.18 Å². The number of methoxy groups -OCH3 is 1. The third-order valence-corrected chi connectivity index (χ3v) is 5.82. The molecule has 0 saturated carbocycles. The smallest absolute Gasteiger partial charge is 0.323 e. The lowest BCUT2D eigenvalue weighted by Gasteiger charge is -2.23. The summed E-state index contributed by atoms with van der Waals surface area (Å²) in [6.45, 7) is 2.72. The summed E-state index contributed by atoms with van der Waals surface area (Å²) in [7, 11) is 1.56. The van der Waals surface area contributed by atoms with Crippen molar-refractivity contribution in [1.82, 2.24) is 4.90 Å². The Morgan fingerprint density at radius 3 is 2.54 bits per heavy atom. The number of rotatable bonds is 7. The Morgan fingerprint density at radius 1 is 1.09 bits per heavy atom. The zero-order chi connectivity index (χ0) is 24.8. The second kappa shape index (κ2) is 10.9. The Bertz CT molecular complexity index is 1200. The first kappa shape index (κ1) is 24.1. The minimum absolute atomic E-state index is 0.0870. The lowest BCUT2D eigenvalue weighted by atomic mass is 10.1. The van der Waals surface area contributed by atoms with E-state index in [1.54, 1.807) is 60.5 Å². The van der Waals surface area contributed by atoms with Crippen LogP contribution >= 0.6 is 0 Å². The summed E-state index contributed by atoms with van der Waals surface area (Å²) in [6, 6.07) is 18.3. The largest absolute Gasteiger partial charge is 0.497 e. The third-order valence-electron chi connectivity index (χ3n) is 5.82. The predicted molar refractivity (Wildman–Crippen MR) is 132 cm³/mol. The van der Waals surface area contributed by atoms with Crippen LogP contribution in [0.3, 0.4) is 0 Å². The van der Waals surface area contributed by atoms with Crippen molar-refractivity contribution in [3.63, 3.8) is 0 Å². The molecular formula is C27H28FN3O4. The topological polar surface area (TPSA) is 79.9 Å². The van der Waals surface area contributed by atoms with Crippen molar-refractivity contribution >= 4 is 23.3 Å². The molecular weight excluding hydrogens is 449 g/mol. The van der Waals surface area contributed by atoms with E-state index in [0.717, 1.165) is 11.1 Å². The van der Waals surface area contributed by atoms with Gasteiger partial charge in [0.25, 0.3) is 5.91 Å². The number of carbonyl (C=O) groups excluding carboxylic acids is 2. The van der Waals surface area contributed by atoms with Crippen molar-refractivity contribution in [2.45, 2.75) is 32.4 Å². The monoisotopic (exact) mass is 477 g/mol. The number of hydrogen-bond acceptors (Lipinski definition) is 4. The van der Waals surface area contributed by atoms with E-state index in [1.807, 2.05) is 13.0 Å². The van der Waals surface area contributed by atoms with Crippen molar-refractivity contribution in [3.8, 4) is 11.5 Å². The Morgan fingerprint density at radius 2 is 1.83 bits per heavy atom. The number of ether oxygens (including phenoxy) is 2. The van der Waals surface area contributed by atoms with E-state index < -0.39 is 12.1 Å². The van der Waals surface area contributed by atoms with E-state index in [-0.39, 0.29) is 11.7 Å². The molecule has 0 fully saturated rings. The number of fused-ring (bicyclic) bond motifs is 1. The second-order valence-electron chi connectivity index (χ2n) is 8.28. The molecule has 1 heterocycles. The molecule has 182 valence electrons. The highest BCUT2D eigenvalue weighted by Gasteiger charge is 2.29. The summed E-state index contributed by atoms with van der Waals surface area (Å²) in [5.41, 5.74) is 2.92. The van der Waals surface area contributed by atoms with Gasteiger partial charge in [0, 0.05) is 36.1 Å². The first-order valence-corrected chi connectivity index (χ1v) is 11.5. The van der Waals surface area contributed by atoms with E-state index in [4.69, 9.17) is 9.47 Å². The van der Waals surface area contributed by atoms with Crippen LogP contribution in [0.25, 0.3) is 0 Å². The van der Waals surface area contributed by atoms with E-state index in [2.05, 4.69) is 10.6 Å². The maximum absolute atomic E-state index is 13.2. The van der Waals surface area contributed by atoms with E-state index in [0.29, 0.717) is 48.8 Å². The maximum atomic E-state index is 13.2. The minimum atomic E-state index is -0.584. The highest BCUT2D eigenvalue weighted by Crippen LogP contribution is 2.30. The van der Waals surface area contributed by atoms with Crippen LogP contribution in [0, 0.1) is 5.82 Å². The van der Waals surface area contributed by atoms with Gasteiger partial charge in [0.1, 0.15) is 17.3 Å². The first-order chi connectivity index (χ1) is 16.9. The van der Waals surface area contributed by atoms with Gasteiger partial charge in [0.2, 0.25) is 0 Å². The van der Waals surface area contributed by atoms with Gasteiger partial charge in [-0.1, -0.05) is 25.1 Å². The average molecular weight is 478 g/mol. The molecule has 35 heavy (non-hydrogen) atoms. The summed E-state index contributed by atoms with van der Waals surface area (Å²) in [4.78, 5) is 27.4. The van der Waals surface area contributed by atoms with Gasteiger partial charge in [0.05, 0.1) is 7.11 Å². The fourth-order valence-electron chi connectivity index (χ4n) is 3.94. The quantitative estimate of drug-likeness (QED) is 0.489. The van der Waals surface area contributed by atoms with Crippen molar-refractivity contribution in [1.29, 1.82) is 0 Å². The highest BCUT2D eigenvalue weighted by molar-refractivity contribution is 6.00. The number of urea groups is 1. The van der Waals surface area contributed by atoms with Crippen LogP contribution in [-0.4, -0.2) is 36.6 Å². The molecule has 1 aliphatic heterocycles. The third kappa shape index (κ3) is 6.09. The van der Waals surface area contributed by atoms with Gasteiger partial charge in [-0.2, -0.15) is 0 Å². The standard InChI is InChI=1S/C27H28FN3O4/c1-3-24-26(32)31(14-13-18-7-9-20(28)10-8-18)17-19-15-22(11-12-25(19)35-24)30-27(33)29-21-5-4-6-23(16-21)34-2/h4-12,15-16,24H,3,13-14,17H2,1-2H3,(H2,29,30,33). The molecule has 0 radical (unpaired) electrons. The summed E-state index contributed by atoms with van der Waals surface area (Å²) >= 11 is 0. The molecule has 3 aromatic rings. The summed E-state index contributed by atoms with van der Waals surface area (Å²) < 4.78 is 24.4. The van der Waals surface area contributed by atoms with Crippen molar-refractivity contribution in [2.24, 2.45) is 0 Å². The molecule has 1 atom stereocenters. The van der Waals surface area contributed by atoms with Gasteiger partial charge in [-0.15, -0.1) is 0 Å². The van der Waals surface area contributed by atoms with Gasteiger partial charge < -0.3 is 25.0 Å². The molecule has 1 aliphatic rings. The molecule has 2 N–H and O–H groups in total. The molecule has 3 amide bonds. The fraction of sp³-hybridized carbons (Fsp3) is 0.259. The van der Waals surface area contributed by atoms with Crippen LogP contribution in [0.15, 0.2) is 66.7 Å². The van der Waals surface area contributed by atoms with Gasteiger partial charge in [0.15, 0.2) is 6.10 Å². The predicted octanol–water partition coefficient (Wildman–Crippen LogP) is 5.22. The van der Waals surface area contributed by atoms with E-state index in [9.17, 15) is 14.0 Å². The Labute approximate surface area is 203 Å². The number of nitrogens with one attached hydrogen (secondary N) is 2. The molecule has 0 saturated heterocycles. The Balaban J connectivity index is 1.47. The van der Waals surface area contributed by atoms with Gasteiger partial charge >= 0.3 is 6.03 Å². The summed E-state index contributed by atoms with van der Waals surface area (Å²) in [6.07, 6.45) is 0.548. The molecule has 0 spiro atoms. The molecule has 7 nitrogen and oxygen atoms in total. The van der Waals surface area contributed by atoms with Crippen LogP contribution in [-0.2, 0) is 17.8 Å². The number of amides is 3. The van der Waals surface area contributed by atoms with Crippen molar-refractivity contribution in [3.05, 3.63) is 83.7 Å². The summed E-state index contributed by atoms with van der Waals surface area (Å²) in [5.74, 6) is 0.883. The van der Waals surface area contributed by atoms with Crippen LogP contribution < -0.4 is 20.1 Å². The van der Waals surface area contributed by atoms with Crippen molar-refractivity contribution in [2.75, 3.05) is 24.3 Å². The SMILES string of the molecule is CCC1Oc2ccc(NC(=O)Nc3cccc(OC)c3)cc2CN(CCc2ccc(F)cc2)C1=O. The molecule has 0 aliphatic carbocycles. The lowest BCUT2D eigenvalue weighted by Crippen LogP contribution is -2.40. The first-order valence-electron chi connectivity index (χ1n) is 11.5. The minimum Gasteiger partial charge on any atom is -0.497 e. The molecule has 1 unspecified atom stereocenters. The zero-order valence-corrected chi connectivity index (χ0v) is 19.7. The zero-order valence-electron chi connectivity index (χ0n) is 19.7. The Hall–Kier alpha value is -4.07. The highest BCUT2D eigenvalue weighted by atomic mass is 19.1. The second-order valence-corrected chi connectivity index (χ2v) is 8.28. The maximum Gasteiger partial charge on any atom is 0.323 e. The van der Waals surface area contributed by atoms with Crippen LogP contribution in [0.5, 0.6) is 11.5 Å². The lowest BCUT2D eigenvalue weighted by molar-refractivity contribution is -0.138. The fourth-order valence-corrected chi connectivity index (χ4v) is 3.94. The number of hydrogen-bond donors (Lipinski definition) is 2. The van der Waals surface area contributed by atoms with Crippen LogP contribution in [0.4, 0.5) is 20.6 Å². The molecule has 3 aromatic carbocycles. The Kier molecular flexibility index (Phi) is 7.50. The molecule has 8 heteroatoms. The van der Waals surface area contributed by atoms with Crippen LogP contribution in [0.1, 0.15) is 24.5 Å². The normalized spacial score (nSPS) is 15.0. The number of anilines is 2. The van der Waals surface area contributed by atoms with Gasteiger partial charge in [-0.05, 0) is 60.9 Å². The number of carbonyl (C=O) groups is 2.